The standard InChI is InChI=1S/C28H30N6O/c1-29-19-5-3-4-17(14-19)18-6-9-25(31-15-18)33-24-8-7-20(23-16-32-28(35)26(23)24)21-10-12-30-27-22(21)11-13-34(27)2/h6-13,15,17,19,29H,3-5,14,16H2,1-2H3,(H,31,33)(H,32,35)/t17?,19-/m0/s1. The highest BCUT2D eigenvalue weighted by molar-refractivity contribution is 6.07. The predicted molar refractivity (Wildman–Crippen MR) is 139 cm³/mol. The number of benzene rings is 1. The van der Waals surface area contributed by atoms with Crippen molar-refractivity contribution in [3.8, 4) is 11.1 Å². The molecule has 2 aliphatic rings. The Hall–Kier alpha value is -3.71. The second kappa shape index (κ2) is 8.82. The molecule has 4 aromatic rings. The smallest absolute Gasteiger partial charge is 0.254 e. The zero-order valence-electron chi connectivity index (χ0n) is 20.1. The molecule has 1 aromatic carbocycles. The molecule has 0 spiro atoms. The van der Waals surface area contributed by atoms with Crippen LogP contribution < -0.4 is 16.0 Å². The number of carbonyl (C=O) groups is 1. The Kier molecular flexibility index (Phi) is 5.49. The maximum Gasteiger partial charge on any atom is 0.254 e. The Balaban J connectivity index is 1.31. The predicted octanol–water partition coefficient (Wildman–Crippen LogP) is 4.87. The average Bonchev–Trinajstić information content (AvgIpc) is 3.48. The van der Waals surface area contributed by atoms with E-state index in [-0.39, 0.29) is 5.91 Å². The Morgan fingerprint density at radius 3 is 2.80 bits per heavy atom. The van der Waals surface area contributed by atoms with E-state index in [1.807, 2.05) is 48.4 Å². The minimum atomic E-state index is -0.0559. The molecule has 3 aromatic heterocycles. The van der Waals surface area contributed by atoms with Gasteiger partial charge in [-0.2, -0.15) is 0 Å². The number of nitrogens with zero attached hydrogens (tertiary/aromatic N) is 3. The third-order valence-corrected chi connectivity index (χ3v) is 7.63. The molecule has 1 saturated carbocycles. The molecule has 1 unspecified atom stereocenters. The summed E-state index contributed by atoms with van der Waals surface area (Å²) < 4.78 is 2.01. The van der Waals surface area contributed by atoms with Crippen LogP contribution in [-0.2, 0) is 13.6 Å². The van der Waals surface area contributed by atoms with Gasteiger partial charge in [-0.05, 0) is 78.7 Å². The van der Waals surface area contributed by atoms with Gasteiger partial charge in [0.25, 0.3) is 5.91 Å². The summed E-state index contributed by atoms with van der Waals surface area (Å²) in [5, 5.41) is 10.9. The molecule has 35 heavy (non-hydrogen) atoms. The molecular formula is C28H30N6O. The van der Waals surface area contributed by atoms with Gasteiger partial charge >= 0.3 is 0 Å². The molecule has 2 atom stereocenters. The number of aromatic nitrogens is 3. The van der Waals surface area contributed by atoms with Gasteiger partial charge in [0.15, 0.2) is 0 Å². The first-order valence-corrected chi connectivity index (χ1v) is 12.4. The summed E-state index contributed by atoms with van der Waals surface area (Å²) in [6.07, 6.45) is 10.7. The van der Waals surface area contributed by atoms with Crippen LogP contribution in [0.1, 0.15) is 53.1 Å². The minimum Gasteiger partial charge on any atom is -0.348 e. The van der Waals surface area contributed by atoms with E-state index in [2.05, 4.69) is 46.2 Å². The van der Waals surface area contributed by atoms with E-state index in [9.17, 15) is 4.79 Å². The first kappa shape index (κ1) is 21.8. The van der Waals surface area contributed by atoms with Crippen molar-refractivity contribution in [2.24, 2.45) is 7.05 Å². The molecule has 6 rings (SSSR count). The van der Waals surface area contributed by atoms with Gasteiger partial charge in [-0.15, -0.1) is 0 Å². The number of amides is 1. The second-order valence-electron chi connectivity index (χ2n) is 9.67. The van der Waals surface area contributed by atoms with Crippen LogP contribution >= 0.6 is 0 Å². The van der Waals surface area contributed by atoms with Gasteiger partial charge in [0, 0.05) is 43.6 Å². The van der Waals surface area contributed by atoms with Crippen molar-refractivity contribution in [1.82, 2.24) is 25.2 Å². The summed E-state index contributed by atoms with van der Waals surface area (Å²) in [5.74, 6) is 1.24. The fraction of sp³-hybridized carbons (Fsp3) is 0.321. The quantitative estimate of drug-likeness (QED) is 0.391. The topological polar surface area (TPSA) is 83.9 Å². The van der Waals surface area contributed by atoms with Crippen LogP contribution in [0.5, 0.6) is 0 Å². The molecule has 3 N–H and O–H groups in total. The summed E-state index contributed by atoms with van der Waals surface area (Å²) >= 11 is 0. The van der Waals surface area contributed by atoms with E-state index in [0.717, 1.165) is 45.6 Å². The Morgan fingerprint density at radius 2 is 1.97 bits per heavy atom. The van der Waals surface area contributed by atoms with Crippen LogP contribution in [0.2, 0.25) is 0 Å². The van der Waals surface area contributed by atoms with Gasteiger partial charge in [0.2, 0.25) is 0 Å². The number of aryl methyl sites for hydroxylation is 1. The monoisotopic (exact) mass is 466 g/mol. The van der Waals surface area contributed by atoms with Gasteiger partial charge in [0.05, 0.1) is 11.3 Å². The number of pyridine rings is 2. The fourth-order valence-electron chi connectivity index (χ4n) is 5.72. The molecule has 1 amide bonds. The van der Waals surface area contributed by atoms with E-state index in [4.69, 9.17) is 4.98 Å². The second-order valence-corrected chi connectivity index (χ2v) is 9.67. The molecule has 1 aliphatic carbocycles. The number of fused-ring (bicyclic) bond motifs is 2. The first-order valence-electron chi connectivity index (χ1n) is 12.4. The largest absolute Gasteiger partial charge is 0.348 e. The highest BCUT2D eigenvalue weighted by Gasteiger charge is 2.27. The van der Waals surface area contributed by atoms with Gasteiger partial charge in [0.1, 0.15) is 11.5 Å². The molecule has 4 heterocycles. The van der Waals surface area contributed by atoms with E-state index in [1.165, 1.54) is 24.8 Å². The van der Waals surface area contributed by atoms with E-state index in [1.54, 1.807) is 0 Å². The van der Waals surface area contributed by atoms with Crippen LogP contribution in [-0.4, -0.2) is 33.5 Å². The van der Waals surface area contributed by atoms with Crippen LogP contribution in [0.4, 0.5) is 11.5 Å². The lowest BCUT2D eigenvalue weighted by Gasteiger charge is -2.29. The fourth-order valence-corrected chi connectivity index (χ4v) is 5.72. The molecule has 7 nitrogen and oxygen atoms in total. The van der Waals surface area contributed by atoms with Crippen molar-refractivity contribution in [2.45, 2.75) is 44.2 Å². The van der Waals surface area contributed by atoms with Crippen LogP contribution in [0.25, 0.3) is 22.2 Å². The van der Waals surface area contributed by atoms with E-state index >= 15 is 0 Å². The van der Waals surface area contributed by atoms with Crippen molar-refractivity contribution >= 4 is 28.4 Å². The van der Waals surface area contributed by atoms with Gasteiger partial charge in [-0.1, -0.05) is 18.6 Å². The molecule has 178 valence electrons. The SMILES string of the molecule is CN[C@H]1CCCC(c2ccc(Nc3ccc(-c4ccnc5c4ccn5C)c4c3C(=O)NC4)nc2)C1. The van der Waals surface area contributed by atoms with Crippen molar-refractivity contribution in [3.05, 3.63) is 71.7 Å². The molecule has 1 fully saturated rings. The third-order valence-electron chi connectivity index (χ3n) is 7.63. The van der Waals surface area contributed by atoms with E-state index in [0.29, 0.717) is 24.1 Å². The summed E-state index contributed by atoms with van der Waals surface area (Å²) in [7, 11) is 4.04. The summed E-state index contributed by atoms with van der Waals surface area (Å²) in [6.45, 7) is 0.510. The maximum absolute atomic E-state index is 12.9. The highest BCUT2D eigenvalue weighted by Crippen LogP contribution is 2.38. The van der Waals surface area contributed by atoms with Crippen LogP contribution in [0, 0.1) is 0 Å². The van der Waals surface area contributed by atoms with Gasteiger partial charge in [-0.3, -0.25) is 4.79 Å². The van der Waals surface area contributed by atoms with Crippen molar-refractivity contribution < 1.29 is 4.79 Å². The van der Waals surface area contributed by atoms with Gasteiger partial charge in [-0.25, -0.2) is 9.97 Å². The van der Waals surface area contributed by atoms with Crippen molar-refractivity contribution in [1.29, 1.82) is 0 Å². The molecule has 1 aliphatic heterocycles. The number of carbonyl (C=O) groups excluding carboxylic acids is 1. The van der Waals surface area contributed by atoms with Crippen LogP contribution in [0.3, 0.4) is 0 Å². The lowest BCUT2D eigenvalue weighted by Crippen LogP contribution is -2.30. The lowest BCUT2D eigenvalue weighted by molar-refractivity contribution is 0.0966. The Bertz CT molecular complexity index is 1410. The number of rotatable bonds is 5. The minimum absolute atomic E-state index is 0.0559. The zero-order chi connectivity index (χ0) is 23.9. The van der Waals surface area contributed by atoms with Crippen molar-refractivity contribution in [2.75, 3.05) is 12.4 Å². The maximum atomic E-state index is 12.9. The van der Waals surface area contributed by atoms with Gasteiger partial charge < -0.3 is 20.5 Å². The molecule has 7 heteroatoms. The molecule has 0 bridgehead atoms. The molecule has 0 saturated heterocycles. The number of anilines is 2. The molecular weight excluding hydrogens is 436 g/mol. The zero-order valence-corrected chi connectivity index (χ0v) is 20.1. The highest BCUT2D eigenvalue weighted by atomic mass is 16.1. The number of hydrogen-bond donors (Lipinski definition) is 3. The number of hydrogen-bond acceptors (Lipinski definition) is 5. The molecule has 0 radical (unpaired) electrons. The average molecular weight is 467 g/mol. The lowest BCUT2D eigenvalue weighted by atomic mass is 9.82. The Morgan fingerprint density at radius 1 is 1.06 bits per heavy atom. The first-order chi connectivity index (χ1) is 17.1. The van der Waals surface area contributed by atoms with E-state index < -0.39 is 0 Å². The summed E-state index contributed by atoms with van der Waals surface area (Å²) in [4.78, 5) is 22.1. The van der Waals surface area contributed by atoms with Crippen LogP contribution in [0.15, 0.2) is 55.0 Å². The third kappa shape index (κ3) is 3.86. The summed E-state index contributed by atoms with van der Waals surface area (Å²) in [5.41, 5.74) is 6.85. The Labute approximate surface area is 205 Å². The van der Waals surface area contributed by atoms with Crippen molar-refractivity contribution in [3.63, 3.8) is 0 Å². The normalized spacial score (nSPS) is 19.5. The number of nitrogens with one attached hydrogen (secondary N) is 3. The summed E-state index contributed by atoms with van der Waals surface area (Å²) in [6, 6.07) is 13.0.